The van der Waals surface area contributed by atoms with Gasteiger partial charge in [0, 0.05) is 29.0 Å². The molecule has 4 N–H and O–H groups in total. The molecule has 4 unspecified atom stereocenters. The van der Waals surface area contributed by atoms with E-state index < -0.39 is 38.0 Å². The average molecular weight is 907 g/mol. The maximum Gasteiger partial charge on any atom is 0.377 e. The summed E-state index contributed by atoms with van der Waals surface area (Å²) in [5.74, 6) is -0.148. The van der Waals surface area contributed by atoms with Crippen molar-refractivity contribution >= 4 is 84.1 Å². The van der Waals surface area contributed by atoms with Gasteiger partial charge in [0.05, 0.1) is 31.5 Å². The summed E-state index contributed by atoms with van der Waals surface area (Å²) >= 11 is 9.62. The number of carbonyl (C=O) groups is 2. The number of nitrogens with one attached hydrogen (secondary N) is 2. The van der Waals surface area contributed by atoms with Crippen LogP contribution in [-0.4, -0.2) is 85.1 Å². The van der Waals surface area contributed by atoms with Crippen molar-refractivity contribution in [3.63, 3.8) is 0 Å². The lowest BCUT2D eigenvalue weighted by Gasteiger charge is -2.33. The van der Waals surface area contributed by atoms with Crippen molar-refractivity contribution < 1.29 is 42.4 Å². The quantitative estimate of drug-likeness (QED) is 0.0508. The summed E-state index contributed by atoms with van der Waals surface area (Å²) in [6.45, 7) is -0.627. The normalized spacial score (nSPS) is 22.8. The number of hydrogen-bond acceptors (Lipinski definition) is 16. The Kier molecular flexibility index (Phi) is 12.6. The van der Waals surface area contributed by atoms with Gasteiger partial charge in [-0.3, -0.25) is 23.2 Å². The van der Waals surface area contributed by atoms with Crippen LogP contribution < -0.4 is 10.6 Å². The zero-order chi connectivity index (χ0) is 42.8. The van der Waals surface area contributed by atoms with Crippen LogP contribution in [0.25, 0.3) is 22.3 Å². The van der Waals surface area contributed by atoms with Gasteiger partial charge in [0.15, 0.2) is 45.8 Å². The summed E-state index contributed by atoms with van der Waals surface area (Å²) in [6.07, 6.45) is 7.73. The second-order valence-corrected chi connectivity index (χ2v) is 18.7. The van der Waals surface area contributed by atoms with Crippen molar-refractivity contribution in [2.24, 2.45) is 0 Å². The van der Waals surface area contributed by atoms with Crippen LogP contribution in [-0.2, 0) is 34.9 Å². The Morgan fingerprint density at radius 2 is 1.44 bits per heavy atom. The number of imidazole rings is 2. The molecule has 0 bridgehead atoms. The molecule has 2 aliphatic heterocycles. The number of aromatic nitrogens is 8. The molecule has 2 aromatic carbocycles. The minimum absolute atomic E-state index is 0.111. The summed E-state index contributed by atoms with van der Waals surface area (Å²) < 4.78 is 34.3. The minimum Gasteiger partial charge on any atom is -0.426 e. The molecule has 8 rings (SSSR count). The number of benzene rings is 2. The summed E-state index contributed by atoms with van der Waals surface area (Å²) in [4.78, 5) is 73.8. The van der Waals surface area contributed by atoms with Gasteiger partial charge in [-0.1, -0.05) is 62.5 Å². The summed E-state index contributed by atoms with van der Waals surface area (Å²) in [5, 5.41) is 5.61. The first-order valence-corrected chi connectivity index (χ1v) is 24.0. The monoisotopic (exact) mass is 906 g/mol. The third-order valence-electron chi connectivity index (χ3n) is 10.5. The number of rotatable bonds is 16. The number of ether oxygens (including phenoxy) is 2. The maximum atomic E-state index is 13.0. The lowest BCUT2D eigenvalue weighted by molar-refractivity contribution is -0.101. The molecule has 6 heterocycles. The molecule has 23 heteroatoms. The van der Waals surface area contributed by atoms with Gasteiger partial charge in [0.1, 0.15) is 24.6 Å². The highest BCUT2D eigenvalue weighted by atomic mass is 32.7. The van der Waals surface area contributed by atoms with E-state index in [1.54, 1.807) is 70.1 Å². The molecule has 6 aromatic rings. The van der Waals surface area contributed by atoms with Crippen molar-refractivity contribution in [3.8, 4) is 0 Å². The highest BCUT2D eigenvalue weighted by Gasteiger charge is 2.48. The molecule has 2 amide bonds. The Balaban J connectivity index is 0.986. The van der Waals surface area contributed by atoms with Gasteiger partial charge in [-0.05, 0) is 49.9 Å². The van der Waals surface area contributed by atoms with Crippen LogP contribution in [0.3, 0.4) is 0 Å². The molecule has 2 aliphatic rings. The second kappa shape index (κ2) is 17.9. The van der Waals surface area contributed by atoms with Crippen LogP contribution >= 0.6 is 26.5 Å². The van der Waals surface area contributed by atoms with Crippen LogP contribution in [0.4, 0.5) is 11.6 Å². The SMILES string of the molecule is CC[C@@]1(COP(O)(=S)OC2=CC(n3cnc4c(NC(=O)c5ccccc5)ncnc43)O[C@]2(CC)COP(O)S)CCC(n2cnc3c(NC(=O)c4ccccc4)ncnc32)O1. The van der Waals surface area contributed by atoms with Crippen molar-refractivity contribution in [1.82, 2.24) is 39.0 Å². The molecule has 61 heavy (non-hydrogen) atoms. The Bertz CT molecular complexity index is 2640. The van der Waals surface area contributed by atoms with E-state index in [4.69, 9.17) is 34.9 Å². The molecule has 19 nitrogen and oxygen atoms in total. The Morgan fingerprint density at radius 1 is 0.869 bits per heavy atom. The van der Waals surface area contributed by atoms with Crippen molar-refractivity contribution in [1.29, 1.82) is 0 Å². The molecule has 0 radical (unpaired) electrons. The van der Waals surface area contributed by atoms with E-state index >= 15 is 0 Å². The van der Waals surface area contributed by atoms with E-state index in [2.05, 4.69) is 52.8 Å². The molecule has 1 saturated heterocycles. The van der Waals surface area contributed by atoms with E-state index in [9.17, 15) is 19.4 Å². The number of thiol groups is 1. The lowest BCUT2D eigenvalue weighted by Crippen LogP contribution is -2.37. The smallest absolute Gasteiger partial charge is 0.377 e. The third kappa shape index (κ3) is 9.08. The van der Waals surface area contributed by atoms with Crippen molar-refractivity contribution in [3.05, 3.63) is 109 Å². The third-order valence-corrected chi connectivity index (χ3v) is 12.6. The van der Waals surface area contributed by atoms with Crippen LogP contribution in [0.1, 0.15) is 72.7 Å². The zero-order valence-corrected chi connectivity index (χ0v) is 36.1. The Labute approximate surface area is 360 Å². The van der Waals surface area contributed by atoms with Crippen LogP contribution in [0, 0.1) is 0 Å². The van der Waals surface area contributed by atoms with Crippen molar-refractivity contribution in [2.45, 2.75) is 63.2 Å². The molecular weight excluding hydrogens is 867 g/mol. The molecule has 0 aliphatic carbocycles. The highest BCUT2D eigenvalue weighted by molar-refractivity contribution is 8.41. The predicted molar refractivity (Wildman–Crippen MR) is 231 cm³/mol. The van der Waals surface area contributed by atoms with Gasteiger partial charge in [0.25, 0.3) is 11.8 Å². The largest absolute Gasteiger partial charge is 0.426 e. The second-order valence-electron chi connectivity index (χ2n) is 14.1. The summed E-state index contributed by atoms with van der Waals surface area (Å²) in [6, 6.07) is 17.5. The lowest BCUT2D eigenvalue weighted by atomic mass is 9.98. The van der Waals surface area contributed by atoms with Gasteiger partial charge in [-0.2, -0.15) is 0 Å². The van der Waals surface area contributed by atoms with Crippen LogP contribution in [0.15, 0.2) is 97.8 Å². The number of fused-ring (bicyclic) bond motifs is 2. The van der Waals surface area contributed by atoms with E-state index in [1.807, 2.05) is 26.0 Å². The first-order chi connectivity index (χ1) is 29.4. The first-order valence-electron chi connectivity index (χ1n) is 19.1. The summed E-state index contributed by atoms with van der Waals surface area (Å²) in [5.41, 5.74) is 0.164. The zero-order valence-electron chi connectivity index (χ0n) is 32.6. The predicted octanol–water partition coefficient (Wildman–Crippen LogP) is 6.61. The standard InChI is InChI=1S/C38H40N10O9P2S2/c1-3-37(16-15-27(55-37)47-22-43-29-31(39-20-41-33(29)47)45-35(49)24-11-7-5-8-12-24)18-54-59(52,61)57-26-17-28(56-38(26,4-2)19-53-58(51)60)48-23-44-30-32(40-21-42-34(30)48)46-36(50)25-13-9-6-10-14-25/h5-14,17,20-23,27-28,51,60H,3-4,15-16,18-19H2,1-2H3,(H,52,61)(H,39,41,45,49)(H,40,42,46,50)/t27?,28?,37-,38+,58?,59?/m0/s1. The summed E-state index contributed by atoms with van der Waals surface area (Å²) in [7, 11) is -2.10. The van der Waals surface area contributed by atoms with E-state index in [-0.39, 0.29) is 48.8 Å². The van der Waals surface area contributed by atoms with Crippen molar-refractivity contribution in [2.75, 3.05) is 23.8 Å². The fourth-order valence-electron chi connectivity index (χ4n) is 7.11. The van der Waals surface area contributed by atoms with Gasteiger partial charge in [-0.25, -0.2) is 29.9 Å². The van der Waals surface area contributed by atoms with Gasteiger partial charge >= 0.3 is 6.72 Å². The molecular formula is C38H40N10O9P2S2. The van der Waals surface area contributed by atoms with Crippen LogP contribution in [0.5, 0.6) is 0 Å². The number of nitrogens with zero attached hydrogens (tertiary/aromatic N) is 8. The number of amides is 2. The Hall–Kier alpha value is -4.79. The van der Waals surface area contributed by atoms with E-state index in [1.165, 1.54) is 19.0 Å². The highest BCUT2D eigenvalue weighted by Crippen LogP contribution is 2.54. The molecule has 318 valence electrons. The van der Waals surface area contributed by atoms with E-state index in [0.29, 0.717) is 52.7 Å². The molecule has 0 saturated carbocycles. The fourth-order valence-corrected chi connectivity index (χ4v) is 8.93. The van der Waals surface area contributed by atoms with Gasteiger partial charge < -0.3 is 38.9 Å². The molecule has 4 aromatic heterocycles. The average Bonchev–Trinajstić information content (AvgIpc) is 4.08. The first kappa shape index (κ1) is 42.9. The molecule has 6 atom stereocenters. The number of carbonyl (C=O) groups excluding carboxylic acids is 2. The van der Waals surface area contributed by atoms with Gasteiger partial charge in [-0.15, -0.1) is 0 Å². The number of anilines is 2. The molecule has 0 spiro atoms. The molecule has 1 fully saturated rings. The van der Waals surface area contributed by atoms with Gasteiger partial charge in [0.2, 0.25) is 7.58 Å². The topological polar surface area (TPSA) is 232 Å². The fraction of sp³-hybridized carbons (Fsp3) is 0.316. The maximum absolute atomic E-state index is 13.0. The Morgan fingerprint density at radius 3 is 2.00 bits per heavy atom. The minimum atomic E-state index is -4.06. The number of hydrogen-bond donors (Lipinski definition) is 5. The van der Waals surface area contributed by atoms with Crippen LogP contribution in [0.2, 0.25) is 0 Å². The van der Waals surface area contributed by atoms with E-state index in [0.717, 1.165) is 0 Å².